The number of rotatable bonds is 34. The molecule has 11 saturated heterocycles. The molecule has 0 saturated carbocycles. The quantitative estimate of drug-likeness (QED) is 0.0284. The van der Waals surface area contributed by atoms with E-state index in [2.05, 4.69) is 21.3 Å². The minimum atomic E-state index is -2.67. The first-order chi connectivity index (χ1) is 62.9. The molecule has 0 aromatic heterocycles. The van der Waals surface area contributed by atoms with Crippen molar-refractivity contribution in [3.63, 3.8) is 0 Å². The van der Waals surface area contributed by atoms with Crippen molar-refractivity contribution in [2.45, 2.75) is 372 Å². The van der Waals surface area contributed by atoms with Crippen LogP contribution in [0.15, 0.2) is 0 Å². The summed E-state index contributed by atoms with van der Waals surface area (Å²) >= 11 is 0. The van der Waals surface area contributed by atoms with Crippen LogP contribution in [0.1, 0.15) is 34.6 Å². The molecule has 133 heavy (non-hydrogen) atoms. The Morgan fingerprint density at radius 2 is 0.459 bits per heavy atom. The number of hydrogen-bond donors (Lipinski definition) is 34. The van der Waals surface area contributed by atoms with Crippen molar-refractivity contribution >= 4 is 23.6 Å². The molecule has 34 N–H and O–H groups in total. The van der Waals surface area contributed by atoms with Crippen molar-refractivity contribution in [1.82, 2.24) is 21.3 Å². The average molecular weight is 1950 g/mol. The number of aliphatic hydroxyl groups excluding tert-OH is 30. The minimum absolute atomic E-state index is 0.860. The lowest BCUT2D eigenvalue weighted by Crippen LogP contribution is -2.71. The van der Waals surface area contributed by atoms with Crippen molar-refractivity contribution in [1.29, 1.82) is 0 Å². The van der Waals surface area contributed by atoms with Crippen LogP contribution in [0.4, 0.5) is 0 Å². The van der Waals surface area contributed by atoms with E-state index in [1.165, 1.54) is 6.92 Å². The van der Waals surface area contributed by atoms with Gasteiger partial charge >= 0.3 is 0 Å². The van der Waals surface area contributed by atoms with E-state index in [0.717, 1.165) is 27.7 Å². The van der Waals surface area contributed by atoms with E-state index in [1.807, 2.05) is 0 Å². The Balaban J connectivity index is 0.915. The topological polar surface area (TPSA) is 917 Å². The summed E-state index contributed by atoms with van der Waals surface area (Å²) < 4.78 is 125. The van der Waals surface area contributed by atoms with Gasteiger partial charge in [-0.15, -0.1) is 0 Å². The minimum Gasteiger partial charge on any atom is -0.394 e. The highest BCUT2D eigenvalue weighted by atomic mass is 16.8. The molecule has 0 radical (unpaired) electrons. The Morgan fingerprint density at radius 3 is 0.842 bits per heavy atom. The molecule has 0 bridgehead atoms. The molecule has 0 aromatic carbocycles. The average Bonchev–Trinajstić information content (AvgIpc) is 0.755. The summed E-state index contributed by atoms with van der Waals surface area (Å²) in [7, 11) is 0. The Hall–Kier alpha value is -4.16. The molecule has 0 aromatic rings. The molecule has 59 heteroatoms. The monoisotopic (exact) mass is 1950 g/mol. The molecule has 55 atom stereocenters. The molecule has 11 heterocycles. The smallest absolute Gasteiger partial charge is 0.217 e. The predicted octanol–water partition coefficient (Wildman–Crippen LogP) is -23.4. The maximum absolute atomic E-state index is 13.3. The largest absolute Gasteiger partial charge is 0.394 e. The second kappa shape index (κ2) is 47.6. The van der Waals surface area contributed by atoms with Gasteiger partial charge in [-0.3, -0.25) is 19.2 Å². The van der Waals surface area contributed by atoms with Gasteiger partial charge in [-0.25, -0.2) is 0 Å². The van der Waals surface area contributed by atoms with Gasteiger partial charge in [0.15, 0.2) is 69.2 Å². The van der Waals surface area contributed by atoms with Crippen LogP contribution in [-0.4, -0.2) is 580 Å². The molecule has 770 valence electrons. The van der Waals surface area contributed by atoms with E-state index in [9.17, 15) is 172 Å². The summed E-state index contributed by atoms with van der Waals surface area (Å²) in [5.41, 5.74) is 0. The Labute approximate surface area is 752 Å². The molecule has 0 unspecified atom stereocenters. The molecule has 0 spiro atoms. The maximum Gasteiger partial charge on any atom is 0.217 e. The Kier molecular flexibility index (Phi) is 39.1. The van der Waals surface area contributed by atoms with Gasteiger partial charge in [-0.1, -0.05) is 0 Å². The van der Waals surface area contributed by atoms with Gasteiger partial charge < -0.3 is 274 Å². The summed E-state index contributed by atoms with van der Waals surface area (Å²) in [6.07, 6.45) is -107. The molecular formula is C74H124N4O55. The zero-order valence-electron chi connectivity index (χ0n) is 71.4. The summed E-state index contributed by atoms with van der Waals surface area (Å²) in [6.45, 7) is -6.29. The second-order valence-electron chi connectivity index (χ2n) is 33.8. The van der Waals surface area contributed by atoms with Gasteiger partial charge in [0.1, 0.15) is 262 Å². The summed E-state index contributed by atoms with van der Waals surface area (Å²) in [6, 6.07) is -7.87. The lowest BCUT2D eigenvalue weighted by molar-refractivity contribution is -0.400. The lowest BCUT2D eigenvalue weighted by Gasteiger charge is -2.51. The summed E-state index contributed by atoms with van der Waals surface area (Å²) in [5, 5.41) is 345. The van der Waals surface area contributed by atoms with E-state index < -0.39 is 427 Å². The zero-order chi connectivity index (χ0) is 97.8. The number of aliphatic hydroxyl groups is 30. The number of amides is 4. The van der Waals surface area contributed by atoms with Crippen LogP contribution >= 0.6 is 0 Å². The second-order valence-corrected chi connectivity index (χ2v) is 33.8. The molecule has 59 nitrogen and oxygen atoms in total. The van der Waals surface area contributed by atoms with Gasteiger partial charge in [-0.2, -0.15) is 0 Å². The molecular weight excluding hydrogens is 1820 g/mol. The number of ether oxygens (including phenoxy) is 21. The summed E-state index contributed by atoms with van der Waals surface area (Å²) in [4.78, 5) is 52.1. The number of nitrogens with one attached hydrogen (secondary N) is 4. The normalized spacial score (nSPS) is 50.1. The van der Waals surface area contributed by atoms with Crippen LogP contribution in [0.25, 0.3) is 0 Å². The van der Waals surface area contributed by atoms with Crippen LogP contribution in [0, 0.1) is 0 Å². The Bertz CT molecular complexity index is 3630. The highest BCUT2D eigenvalue weighted by Gasteiger charge is 2.63. The SMILES string of the molecule is CC(=O)N[C@@H]1[C@@H](O)[C@H](O[C@@H]2O[C@H](CO)[C@@H](O[C@@H]3O[C@H](CO[C@H]4O[C@H](CO)[C@@H](O)[C@H](O)[C@@H]4O[C@@H]4O[C@H](CO)[C@@H](O[C@@H]5O[C@H](CO)[C@H](O)[C@H](O)[C@H]5O)[C@H](O)[C@H]4NC(C)=O)[C@@H](O)[C@H](O[C@H]4O[C@H](CO)[C@@H](O)[C@H](O)[C@@H]4O[C@@H]4O[C@H](CO)[C@@H](O[C@@H]5O[C@H](CO)[C@H](O)[C@H](O[C@@H]6O[C@H](CO)[C@H](O)[C@H](O)[C@H]6O)[C@H]5O)[C@H](O)[C@H]4NC(C)=O)[C@@H]3O)[C@H](O)[C@H]2NC(C)=O)[C@@H](CO[C@@H]2O[C@@H](C)[C@@H](O)[C@@H](O)[C@@H]2O)O[C@H]1O. The Morgan fingerprint density at radius 1 is 0.211 bits per heavy atom. The maximum atomic E-state index is 13.3. The van der Waals surface area contributed by atoms with Crippen molar-refractivity contribution in [2.75, 3.05) is 66.1 Å². The van der Waals surface area contributed by atoms with Gasteiger partial charge in [0.2, 0.25) is 23.6 Å². The first-order valence-electron chi connectivity index (χ1n) is 42.5. The van der Waals surface area contributed by atoms with Crippen LogP contribution in [-0.2, 0) is 119 Å². The van der Waals surface area contributed by atoms with Gasteiger partial charge in [0, 0.05) is 27.7 Å². The van der Waals surface area contributed by atoms with E-state index in [-0.39, 0.29) is 0 Å². The fourth-order valence-corrected chi connectivity index (χ4v) is 17.3. The van der Waals surface area contributed by atoms with Crippen LogP contribution in [0.3, 0.4) is 0 Å². The van der Waals surface area contributed by atoms with Crippen LogP contribution in [0.2, 0.25) is 0 Å². The molecule has 4 amide bonds. The molecule has 11 aliphatic heterocycles. The molecule has 11 fully saturated rings. The van der Waals surface area contributed by atoms with Gasteiger partial charge in [0.25, 0.3) is 0 Å². The van der Waals surface area contributed by atoms with E-state index in [4.69, 9.17) is 99.5 Å². The van der Waals surface area contributed by atoms with Crippen molar-refractivity contribution < 1.29 is 272 Å². The third kappa shape index (κ3) is 24.1. The molecule has 0 aliphatic carbocycles. The highest BCUT2D eigenvalue weighted by Crippen LogP contribution is 2.42. The van der Waals surface area contributed by atoms with Crippen molar-refractivity contribution in [2.24, 2.45) is 0 Å². The van der Waals surface area contributed by atoms with E-state index in [0.29, 0.717) is 0 Å². The summed E-state index contributed by atoms with van der Waals surface area (Å²) in [5.74, 6) is -3.87. The third-order valence-corrected chi connectivity index (χ3v) is 24.5. The van der Waals surface area contributed by atoms with Gasteiger partial charge in [-0.05, 0) is 6.92 Å². The highest BCUT2D eigenvalue weighted by molar-refractivity contribution is 5.74. The van der Waals surface area contributed by atoms with E-state index in [1.54, 1.807) is 0 Å². The number of hydrogen-bond acceptors (Lipinski definition) is 55. The first kappa shape index (κ1) is 109. The molecule has 11 aliphatic rings. The van der Waals surface area contributed by atoms with Crippen molar-refractivity contribution in [3.05, 3.63) is 0 Å². The fraction of sp³-hybridized carbons (Fsp3) is 0.946. The van der Waals surface area contributed by atoms with Gasteiger partial charge in [0.05, 0.1) is 72.2 Å². The lowest BCUT2D eigenvalue weighted by atomic mass is 9.93. The zero-order valence-corrected chi connectivity index (χ0v) is 71.4. The predicted molar refractivity (Wildman–Crippen MR) is 407 cm³/mol. The van der Waals surface area contributed by atoms with E-state index >= 15 is 0 Å². The first-order valence-corrected chi connectivity index (χ1v) is 42.5. The van der Waals surface area contributed by atoms with Crippen LogP contribution < -0.4 is 21.3 Å². The number of carbonyl (C=O) groups is 4. The third-order valence-electron chi connectivity index (χ3n) is 24.5. The van der Waals surface area contributed by atoms with Crippen LogP contribution in [0.5, 0.6) is 0 Å². The standard InChI is InChI=1S/C74H124N4O55/c1-16-35(91)46(102)51(107)68(115-16)113-15-30-59(42(98)31(64(112)116-30)75-17(2)87)126-65-32(76-18(3)88)43(99)58(27(12-85)122-65)129-72-55(111)61(41(97)29(125-72)14-114-73-62(49(105)38(94)23(8-81)120-73)132-66-33(77-19(4)89)44(100)56(26(11-84)123-66)127-69-52(108)47(103)36(92)21(6-79)117-69)131-74-63(50(106)39(95)24(9-82)121-74)133-67-34(78-20(5)90)45(101)57(28(13-86)124-67)128-71-54(110)60(40(96)25(10-83)119-71)130-70-53(109)48(104)37(93)22(7-80)118-70/h16,21-74,79-86,91-112H,6-15H2,1-5H3,(H,75,87)(H,76,88)(H,77,89)(H,78,90)/t16-,21+,22+,23+,24+,25+,26+,27+,28+,29+,30+,31+,32+,33+,34+,35+,36-,37-,38+,39+,40-,41+,42+,43+,44+,45+,46+,47-,48-,49-,50-,51-,52+,53+,54+,55-,56+,57+,58+,59+,60-,61-,62-,63-,64+,65-,66-,67-,68+,69-,70-,71-,72-,73-,74+/m0/s1. The van der Waals surface area contributed by atoms with Crippen molar-refractivity contribution in [3.8, 4) is 0 Å². The number of carbonyl (C=O) groups excluding carboxylic acids is 4. The fourth-order valence-electron chi connectivity index (χ4n) is 17.3. The molecule has 11 rings (SSSR count).